The van der Waals surface area contributed by atoms with Crippen molar-refractivity contribution in [3.05, 3.63) is 30.0 Å². The highest BCUT2D eigenvalue weighted by molar-refractivity contribution is 5.82. The SMILES string of the molecule is COc1cc2cc[nH]c2cc1CCCCN. The fourth-order valence-corrected chi connectivity index (χ4v) is 1.97. The highest BCUT2D eigenvalue weighted by Gasteiger charge is 2.05. The van der Waals surface area contributed by atoms with Gasteiger partial charge in [-0.2, -0.15) is 0 Å². The number of unbranched alkanes of at least 4 members (excludes halogenated alkanes) is 1. The van der Waals surface area contributed by atoms with Crippen LogP contribution in [0.4, 0.5) is 0 Å². The molecule has 0 aliphatic rings. The van der Waals surface area contributed by atoms with E-state index in [0.29, 0.717) is 0 Å². The maximum absolute atomic E-state index is 5.50. The van der Waals surface area contributed by atoms with Crippen molar-refractivity contribution in [1.29, 1.82) is 0 Å². The van der Waals surface area contributed by atoms with Crippen LogP contribution in [0.3, 0.4) is 0 Å². The van der Waals surface area contributed by atoms with E-state index in [1.807, 2.05) is 6.20 Å². The summed E-state index contributed by atoms with van der Waals surface area (Å²) in [6.45, 7) is 0.757. The molecule has 16 heavy (non-hydrogen) atoms. The molecule has 0 saturated carbocycles. The van der Waals surface area contributed by atoms with E-state index < -0.39 is 0 Å². The van der Waals surface area contributed by atoms with Crippen molar-refractivity contribution < 1.29 is 4.74 Å². The average molecular weight is 218 g/mol. The Kier molecular flexibility index (Phi) is 3.47. The number of nitrogens with one attached hydrogen (secondary N) is 1. The third-order valence-corrected chi connectivity index (χ3v) is 2.85. The molecule has 3 heteroatoms. The number of nitrogens with two attached hydrogens (primary N) is 1. The Morgan fingerprint density at radius 3 is 2.94 bits per heavy atom. The number of methoxy groups -OCH3 is 1. The summed E-state index contributed by atoms with van der Waals surface area (Å²) in [5, 5.41) is 1.19. The van der Waals surface area contributed by atoms with Gasteiger partial charge < -0.3 is 15.5 Å². The van der Waals surface area contributed by atoms with E-state index in [4.69, 9.17) is 10.5 Å². The zero-order valence-electron chi connectivity index (χ0n) is 9.62. The molecule has 0 bridgehead atoms. The number of aryl methyl sites for hydroxylation is 1. The molecule has 0 aliphatic heterocycles. The molecule has 86 valence electrons. The maximum atomic E-state index is 5.50. The second-order valence-electron chi connectivity index (χ2n) is 3.97. The molecule has 1 aromatic carbocycles. The van der Waals surface area contributed by atoms with Crippen LogP contribution in [-0.2, 0) is 6.42 Å². The Morgan fingerprint density at radius 2 is 2.19 bits per heavy atom. The summed E-state index contributed by atoms with van der Waals surface area (Å²) in [5.41, 5.74) is 7.93. The highest BCUT2D eigenvalue weighted by Crippen LogP contribution is 2.26. The largest absolute Gasteiger partial charge is 0.496 e. The summed E-state index contributed by atoms with van der Waals surface area (Å²) in [6, 6.07) is 6.32. The zero-order valence-corrected chi connectivity index (χ0v) is 9.62. The van der Waals surface area contributed by atoms with Gasteiger partial charge in [-0.05, 0) is 49.6 Å². The molecule has 0 saturated heterocycles. The number of fused-ring (bicyclic) bond motifs is 1. The standard InChI is InChI=1S/C13H18N2O/c1-16-13-9-10-5-7-15-12(10)8-11(13)4-2-3-6-14/h5,7-9,15H,2-4,6,14H2,1H3. The topological polar surface area (TPSA) is 51.0 Å². The van der Waals surface area contributed by atoms with Crippen molar-refractivity contribution >= 4 is 10.9 Å². The fraction of sp³-hybridized carbons (Fsp3) is 0.385. The van der Waals surface area contributed by atoms with E-state index in [-0.39, 0.29) is 0 Å². The number of rotatable bonds is 5. The zero-order chi connectivity index (χ0) is 11.4. The molecule has 1 heterocycles. The van der Waals surface area contributed by atoms with Gasteiger partial charge in [-0.15, -0.1) is 0 Å². The lowest BCUT2D eigenvalue weighted by Gasteiger charge is -2.08. The summed E-state index contributed by atoms with van der Waals surface area (Å²) in [4.78, 5) is 3.22. The second-order valence-corrected chi connectivity index (χ2v) is 3.97. The highest BCUT2D eigenvalue weighted by atomic mass is 16.5. The van der Waals surface area contributed by atoms with E-state index in [1.54, 1.807) is 7.11 Å². The summed E-state index contributed by atoms with van der Waals surface area (Å²) < 4.78 is 5.41. The van der Waals surface area contributed by atoms with Crippen molar-refractivity contribution in [2.24, 2.45) is 5.73 Å². The van der Waals surface area contributed by atoms with Crippen LogP contribution >= 0.6 is 0 Å². The Morgan fingerprint density at radius 1 is 1.31 bits per heavy atom. The lowest BCUT2D eigenvalue weighted by atomic mass is 10.1. The van der Waals surface area contributed by atoms with Gasteiger partial charge in [-0.25, -0.2) is 0 Å². The predicted molar refractivity (Wildman–Crippen MR) is 66.8 cm³/mol. The Balaban J connectivity index is 2.26. The molecule has 2 rings (SSSR count). The fourth-order valence-electron chi connectivity index (χ4n) is 1.97. The molecule has 0 atom stereocenters. The van der Waals surface area contributed by atoms with Crippen molar-refractivity contribution in [1.82, 2.24) is 4.98 Å². The first kappa shape index (κ1) is 11.0. The number of aromatic amines is 1. The third kappa shape index (κ3) is 2.19. The summed E-state index contributed by atoms with van der Waals surface area (Å²) >= 11 is 0. The number of benzene rings is 1. The molecule has 0 amide bonds. The van der Waals surface area contributed by atoms with Crippen LogP contribution in [-0.4, -0.2) is 18.6 Å². The monoisotopic (exact) mass is 218 g/mol. The lowest BCUT2D eigenvalue weighted by Crippen LogP contribution is -2.00. The molecule has 0 fully saturated rings. The first-order valence-corrected chi connectivity index (χ1v) is 5.69. The number of hydrogen-bond donors (Lipinski definition) is 2. The smallest absolute Gasteiger partial charge is 0.122 e. The van der Waals surface area contributed by atoms with Gasteiger partial charge >= 0.3 is 0 Å². The summed E-state index contributed by atoms with van der Waals surface area (Å²) in [7, 11) is 1.72. The Bertz CT molecular complexity index is 462. The van der Waals surface area contributed by atoms with Crippen LogP contribution in [0.25, 0.3) is 10.9 Å². The molecule has 2 aromatic rings. The number of hydrogen-bond acceptors (Lipinski definition) is 2. The van der Waals surface area contributed by atoms with Crippen LogP contribution in [0.15, 0.2) is 24.4 Å². The van der Waals surface area contributed by atoms with Gasteiger partial charge in [0.15, 0.2) is 0 Å². The van der Waals surface area contributed by atoms with E-state index >= 15 is 0 Å². The quantitative estimate of drug-likeness (QED) is 0.757. The third-order valence-electron chi connectivity index (χ3n) is 2.85. The van der Waals surface area contributed by atoms with Crippen LogP contribution in [0.2, 0.25) is 0 Å². The molecular weight excluding hydrogens is 200 g/mol. The normalized spacial score (nSPS) is 10.9. The van der Waals surface area contributed by atoms with E-state index in [2.05, 4.69) is 23.2 Å². The Hall–Kier alpha value is -1.48. The lowest BCUT2D eigenvalue weighted by molar-refractivity contribution is 0.409. The van der Waals surface area contributed by atoms with Gasteiger partial charge in [0.1, 0.15) is 5.75 Å². The minimum absolute atomic E-state index is 0.757. The molecule has 3 N–H and O–H groups in total. The molecule has 0 aliphatic carbocycles. The van der Waals surface area contributed by atoms with E-state index in [1.165, 1.54) is 16.5 Å². The van der Waals surface area contributed by atoms with Crippen molar-refractivity contribution in [3.63, 3.8) is 0 Å². The van der Waals surface area contributed by atoms with Crippen LogP contribution in [0, 0.1) is 0 Å². The maximum Gasteiger partial charge on any atom is 0.122 e. The van der Waals surface area contributed by atoms with Gasteiger partial charge in [0.05, 0.1) is 7.11 Å². The van der Waals surface area contributed by atoms with E-state index in [0.717, 1.165) is 31.6 Å². The first-order chi connectivity index (χ1) is 7.85. The van der Waals surface area contributed by atoms with Crippen molar-refractivity contribution in [2.45, 2.75) is 19.3 Å². The van der Waals surface area contributed by atoms with Gasteiger partial charge in [0.25, 0.3) is 0 Å². The first-order valence-electron chi connectivity index (χ1n) is 5.69. The Labute approximate surface area is 95.6 Å². The minimum atomic E-state index is 0.757. The van der Waals surface area contributed by atoms with Crippen LogP contribution in [0.1, 0.15) is 18.4 Å². The molecular formula is C13H18N2O. The van der Waals surface area contributed by atoms with Gasteiger partial charge in [-0.1, -0.05) is 0 Å². The average Bonchev–Trinajstić information content (AvgIpc) is 2.75. The van der Waals surface area contributed by atoms with Gasteiger partial charge in [0.2, 0.25) is 0 Å². The van der Waals surface area contributed by atoms with Crippen molar-refractivity contribution in [3.8, 4) is 5.75 Å². The number of ether oxygens (including phenoxy) is 1. The van der Waals surface area contributed by atoms with E-state index in [9.17, 15) is 0 Å². The molecule has 0 spiro atoms. The molecule has 1 aromatic heterocycles. The summed E-state index contributed by atoms with van der Waals surface area (Å²) in [6.07, 6.45) is 5.15. The molecule has 3 nitrogen and oxygen atoms in total. The van der Waals surface area contributed by atoms with Gasteiger partial charge in [-0.3, -0.25) is 0 Å². The molecule has 0 radical (unpaired) electrons. The summed E-state index contributed by atoms with van der Waals surface area (Å²) in [5.74, 6) is 0.976. The minimum Gasteiger partial charge on any atom is -0.496 e. The predicted octanol–water partition coefficient (Wildman–Crippen LogP) is 2.46. The van der Waals surface area contributed by atoms with Crippen molar-refractivity contribution in [2.75, 3.05) is 13.7 Å². The van der Waals surface area contributed by atoms with Crippen LogP contribution in [0.5, 0.6) is 5.75 Å². The molecule has 0 unspecified atom stereocenters. The number of aromatic nitrogens is 1. The number of H-pyrrole nitrogens is 1. The van der Waals surface area contributed by atoms with Crippen LogP contribution < -0.4 is 10.5 Å². The second kappa shape index (κ2) is 5.03. The van der Waals surface area contributed by atoms with Gasteiger partial charge in [0, 0.05) is 17.1 Å².